The van der Waals surface area contributed by atoms with E-state index in [1.165, 1.54) is 60.3 Å². The number of nitrogens with one attached hydrogen (secondary N) is 3. The van der Waals surface area contributed by atoms with Crippen molar-refractivity contribution in [2.45, 2.75) is 68.8 Å². The Morgan fingerprint density at radius 2 is 1.33 bits per heavy atom. The fraction of sp³-hybridized carbons (Fsp3) is 0.410. The van der Waals surface area contributed by atoms with Gasteiger partial charge in [-0.15, -0.1) is 11.8 Å². The van der Waals surface area contributed by atoms with Crippen LogP contribution < -0.4 is 25.6 Å². The maximum absolute atomic E-state index is 13.7. The molecule has 0 aromatic heterocycles. The number of aliphatic hydroxyl groups is 1. The Hall–Kier alpha value is -5.02. The third-order valence-electron chi connectivity index (χ3n) is 8.67. The Labute approximate surface area is 317 Å². The van der Waals surface area contributed by atoms with Crippen LogP contribution in [0.1, 0.15) is 74.6 Å². The maximum atomic E-state index is 13.7. The first-order valence-corrected chi connectivity index (χ1v) is 18.9. The lowest BCUT2D eigenvalue weighted by atomic mass is 9.92. The molecule has 1 saturated heterocycles. The zero-order valence-electron chi connectivity index (χ0n) is 29.8. The van der Waals surface area contributed by atoms with Gasteiger partial charge in [0.25, 0.3) is 5.91 Å². The zero-order valence-corrected chi connectivity index (χ0v) is 30.6. The number of benzene rings is 3. The van der Waals surface area contributed by atoms with Gasteiger partial charge in [-0.1, -0.05) is 37.1 Å². The van der Waals surface area contributed by atoms with Gasteiger partial charge in [0.2, 0.25) is 17.7 Å². The quantitative estimate of drug-likeness (QED) is 0.0670. The molecule has 12 nitrogen and oxygen atoms in total. The standard InChI is InChI=1S/C39H46F2N4O8S/c40-28-13-9-26(10-14-28)32(46)25-54-38-37(45(39(38)52)30-17-15-29(41)16-18-30)27-11-19-31(20-12-27)53-24-35(49)44-23-34(48)43-22-5-1-3-7-33(47)42-21-6-2-4-8-36(50)51/h9-20,32,37-38,46H,1-8,21-25H2,(H,42,47)(H,43,48)(H,44,49)(H,50,51)/t32?,37-,38-/m1/s1. The molecule has 3 aromatic carbocycles. The van der Waals surface area contributed by atoms with Gasteiger partial charge in [0.15, 0.2) is 6.61 Å². The lowest BCUT2D eigenvalue weighted by molar-refractivity contribution is -0.137. The third-order valence-corrected chi connectivity index (χ3v) is 10.00. The number of hydrogen-bond donors (Lipinski definition) is 5. The summed E-state index contributed by atoms with van der Waals surface area (Å²) in [6, 6.07) is 17.5. The van der Waals surface area contributed by atoms with E-state index in [1.54, 1.807) is 29.2 Å². The van der Waals surface area contributed by atoms with Crippen molar-refractivity contribution < 1.29 is 47.7 Å². The molecule has 0 spiro atoms. The Morgan fingerprint density at radius 3 is 1.96 bits per heavy atom. The second-order valence-corrected chi connectivity index (χ2v) is 14.0. The minimum atomic E-state index is -0.921. The first kappa shape index (κ1) is 41.7. The number of nitrogens with zero attached hydrogens (tertiary/aromatic N) is 1. The zero-order chi connectivity index (χ0) is 38.9. The second kappa shape index (κ2) is 21.6. The van der Waals surface area contributed by atoms with Crippen LogP contribution in [-0.2, 0) is 24.0 Å². The molecule has 290 valence electrons. The van der Waals surface area contributed by atoms with Crippen molar-refractivity contribution in [2.24, 2.45) is 0 Å². The van der Waals surface area contributed by atoms with E-state index in [0.717, 1.165) is 24.8 Å². The van der Waals surface area contributed by atoms with Gasteiger partial charge in [-0.25, -0.2) is 8.78 Å². The molecule has 54 heavy (non-hydrogen) atoms. The van der Waals surface area contributed by atoms with Gasteiger partial charge < -0.3 is 35.8 Å². The molecule has 3 aromatic rings. The molecular formula is C39H46F2N4O8S. The summed E-state index contributed by atoms with van der Waals surface area (Å²) in [6.07, 6.45) is 3.76. The first-order valence-electron chi connectivity index (χ1n) is 17.9. The minimum Gasteiger partial charge on any atom is -0.484 e. The van der Waals surface area contributed by atoms with Crippen molar-refractivity contribution in [2.75, 3.05) is 36.9 Å². The van der Waals surface area contributed by atoms with Crippen LogP contribution >= 0.6 is 11.8 Å². The van der Waals surface area contributed by atoms with E-state index in [4.69, 9.17) is 9.84 Å². The van der Waals surface area contributed by atoms with Crippen LogP contribution in [0.3, 0.4) is 0 Å². The number of amides is 4. The van der Waals surface area contributed by atoms with Crippen molar-refractivity contribution in [1.82, 2.24) is 16.0 Å². The Balaban J connectivity index is 1.15. The van der Waals surface area contributed by atoms with Crippen molar-refractivity contribution in [3.8, 4) is 5.75 Å². The number of carboxylic acids is 1. The molecule has 4 rings (SSSR count). The van der Waals surface area contributed by atoms with Crippen LogP contribution in [0.25, 0.3) is 0 Å². The number of halogens is 2. The van der Waals surface area contributed by atoms with E-state index in [2.05, 4.69) is 16.0 Å². The van der Waals surface area contributed by atoms with Crippen LogP contribution in [0, 0.1) is 11.6 Å². The highest BCUT2D eigenvalue weighted by Crippen LogP contribution is 2.46. The summed E-state index contributed by atoms with van der Waals surface area (Å²) in [5.41, 5.74) is 1.80. The minimum absolute atomic E-state index is 0.0536. The number of carbonyl (C=O) groups is 5. The largest absolute Gasteiger partial charge is 0.484 e. The number of β-lactam (4-membered cyclic amide) rings is 1. The van der Waals surface area contributed by atoms with Gasteiger partial charge in [-0.2, -0.15) is 0 Å². The number of unbranched alkanes of at least 4 members (excludes halogenated alkanes) is 4. The van der Waals surface area contributed by atoms with Gasteiger partial charge in [-0.05, 0) is 85.3 Å². The molecule has 0 radical (unpaired) electrons. The van der Waals surface area contributed by atoms with Gasteiger partial charge in [0, 0.05) is 37.4 Å². The van der Waals surface area contributed by atoms with E-state index >= 15 is 0 Å². The van der Waals surface area contributed by atoms with Crippen LogP contribution in [0.15, 0.2) is 72.8 Å². The molecule has 0 saturated carbocycles. The molecule has 1 aliphatic rings. The summed E-state index contributed by atoms with van der Waals surface area (Å²) in [5.74, 6) is -2.21. The smallest absolute Gasteiger partial charge is 0.303 e. The molecule has 1 unspecified atom stereocenters. The summed E-state index contributed by atoms with van der Waals surface area (Å²) < 4.78 is 32.6. The molecule has 1 heterocycles. The summed E-state index contributed by atoms with van der Waals surface area (Å²) in [6.45, 7) is 0.373. The van der Waals surface area contributed by atoms with Crippen LogP contribution in [0.5, 0.6) is 5.75 Å². The van der Waals surface area contributed by atoms with Crippen LogP contribution in [0.4, 0.5) is 14.5 Å². The first-order chi connectivity index (χ1) is 26.0. The Kier molecular flexibility index (Phi) is 16.7. The highest BCUT2D eigenvalue weighted by Gasteiger charge is 2.49. The fourth-order valence-electron chi connectivity index (χ4n) is 5.73. The summed E-state index contributed by atoms with van der Waals surface area (Å²) in [7, 11) is 0. The molecule has 3 atom stereocenters. The number of rotatable bonds is 23. The van der Waals surface area contributed by atoms with Gasteiger partial charge >= 0.3 is 5.97 Å². The Morgan fingerprint density at radius 1 is 0.741 bits per heavy atom. The monoisotopic (exact) mass is 768 g/mol. The highest BCUT2D eigenvalue weighted by atomic mass is 32.2. The predicted molar refractivity (Wildman–Crippen MR) is 200 cm³/mol. The van der Waals surface area contributed by atoms with Crippen molar-refractivity contribution in [3.63, 3.8) is 0 Å². The normalized spacial score (nSPS) is 15.5. The molecule has 0 bridgehead atoms. The average molecular weight is 769 g/mol. The summed E-state index contributed by atoms with van der Waals surface area (Å²) >= 11 is 1.27. The molecule has 5 N–H and O–H groups in total. The van der Waals surface area contributed by atoms with Gasteiger partial charge in [0.05, 0.1) is 18.7 Å². The number of carboxylic acid groups (broad SMARTS) is 1. The number of aliphatic hydroxyl groups excluding tert-OH is 1. The fourth-order valence-corrected chi connectivity index (χ4v) is 7.03. The number of anilines is 1. The summed E-state index contributed by atoms with van der Waals surface area (Å²) in [4.78, 5) is 61.8. The highest BCUT2D eigenvalue weighted by molar-refractivity contribution is 8.00. The summed E-state index contributed by atoms with van der Waals surface area (Å²) in [5, 5.41) is 26.8. The second-order valence-electron chi connectivity index (χ2n) is 12.8. The molecule has 1 fully saturated rings. The maximum Gasteiger partial charge on any atom is 0.303 e. The van der Waals surface area contributed by atoms with E-state index < -0.39 is 40.9 Å². The Bertz CT molecular complexity index is 1700. The van der Waals surface area contributed by atoms with Crippen LogP contribution in [-0.4, -0.2) is 77.1 Å². The number of ether oxygens (including phenoxy) is 1. The lowest BCUT2D eigenvalue weighted by Crippen LogP contribution is -2.57. The van der Waals surface area contributed by atoms with E-state index in [-0.39, 0.29) is 43.0 Å². The third kappa shape index (κ3) is 13.4. The van der Waals surface area contributed by atoms with Crippen LogP contribution in [0.2, 0.25) is 0 Å². The number of thioether (sulfide) groups is 1. The topological polar surface area (TPSA) is 174 Å². The van der Waals surface area contributed by atoms with E-state index in [0.29, 0.717) is 55.8 Å². The van der Waals surface area contributed by atoms with Crippen molar-refractivity contribution in [3.05, 3.63) is 95.6 Å². The number of hydrogen-bond acceptors (Lipinski definition) is 8. The van der Waals surface area contributed by atoms with E-state index in [9.17, 15) is 37.9 Å². The average Bonchev–Trinajstić information content (AvgIpc) is 3.16. The number of aliphatic carboxylic acids is 1. The molecule has 15 heteroatoms. The van der Waals surface area contributed by atoms with Crippen molar-refractivity contribution in [1.29, 1.82) is 0 Å². The molecule has 0 aliphatic carbocycles. The molecular weight excluding hydrogens is 723 g/mol. The molecule has 4 amide bonds. The van der Waals surface area contributed by atoms with Gasteiger partial charge in [0.1, 0.15) is 22.6 Å². The van der Waals surface area contributed by atoms with Gasteiger partial charge in [-0.3, -0.25) is 24.0 Å². The SMILES string of the molecule is O=C(O)CCCCCNC(=O)CCCCCNC(=O)CNC(=O)COc1ccc([C@@H]2[C@@H](SCC(O)c3ccc(F)cc3)C(=O)N2c2ccc(F)cc2)cc1. The number of carbonyl (C=O) groups excluding carboxylic acids is 4. The lowest BCUT2D eigenvalue weighted by Gasteiger charge is -2.47. The predicted octanol–water partition coefficient (Wildman–Crippen LogP) is 4.82. The van der Waals surface area contributed by atoms with Crippen molar-refractivity contribution >= 4 is 47.0 Å². The molecule has 1 aliphatic heterocycles. The van der Waals surface area contributed by atoms with E-state index in [1.807, 2.05) is 0 Å².